The molecule has 0 aliphatic carbocycles. The first-order valence-corrected chi connectivity index (χ1v) is 11.0. The Hall–Kier alpha value is -3.64. The van der Waals surface area contributed by atoms with Crippen LogP contribution >= 0.6 is 12.2 Å². The van der Waals surface area contributed by atoms with Crippen molar-refractivity contribution in [2.45, 2.75) is 19.0 Å². The highest BCUT2D eigenvalue weighted by molar-refractivity contribution is 7.80. The SMILES string of the molecule is COc1ccc(N2C(=S)NC(c3ccccn3)C2c2cccn2-c2cccc(C)c2)cc1. The van der Waals surface area contributed by atoms with Crippen LogP contribution in [0.5, 0.6) is 5.75 Å². The number of hydrogen-bond acceptors (Lipinski definition) is 3. The highest BCUT2D eigenvalue weighted by atomic mass is 32.1. The summed E-state index contributed by atoms with van der Waals surface area (Å²) < 4.78 is 7.59. The number of nitrogens with one attached hydrogen (secondary N) is 1. The topological polar surface area (TPSA) is 42.3 Å². The molecule has 5 rings (SSSR count). The molecule has 1 aliphatic rings. The number of aryl methyl sites for hydroxylation is 1. The molecule has 0 bridgehead atoms. The zero-order valence-corrected chi connectivity index (χ0v) is 18.8. The van der Waals surface area contributed by atoms with Crippen molar-refractivity contribution in [3.05, 3.63) is 108 Å². The van der Waals surface area contributed by atoms with E-state index in [0.29, 0.717) is 5.11 Å². The predicted octanol–water partition coefficient (Wildman–Crippen LogP) is 5.37. The van der Waals surface area contributed by atoms with Crippen LogP contribution in [-0.2, 0) is 0 Å². The second-order valence-electron chi connectivity index (χ2n) is 7.84. The lowest BCUT2D eigenvalue weighted by molar-refractivity contribution is 0.415. The van der Waals surface area contributed by atoms with Crippen molar-refractivity contribution in [3.8, 4) is 11.4 Å². The van der Waals surface area contributed by atoms with Crippen molar-refractivity contribution >= 4 is 23.0 Å². The van der Waals surface area contributed by atoms with Crippen LogP contribution in [0, 0.1) is 6.92 Å². The molecule has 5 nitrogen and oxygen atoms in total. The fourth-order valence-corrected chi connectivity index (χ4v) is 4.67. The average molecular weight is 441 g/mol. The average Bonchev–Trinajstić information content (AvgIpc) is 3.44. The van der Waals surface area contributed by atoms with Gasteiger partial charge in [-0.3, -0.25) is 4.98 Å². The quantitative estimate of drug-likeness (QED) is 0.423. The Kier molecular flexibility index (Phi) is 5.37. The molecule has 6 heteroatoms. The third-order valence-corrected chi connectivity index (χ3v) is 6.13. The summed E-state index contributed by atoms with van der Waals surface area (Å²) in [5, 5.41) is 4.20. The van der Waals surface area contributed by atoms with Crippen LogP contribution in [0.4, 0.5) is 5.69 Å². The van der Waals surface area contributed by atoms with Crippen LogP contribution in [0.15, 0.2) is 91.3 Å². The number of hydrogen-bond donors (Lipinski definition) is 1. The van der Waals surface area contributed by atoms with Crippen molar-refractivity contribution in [1.82, 2.24) is 14.9 Å². The van der Waals surface area contributed by atoms with Crippen molar-refractivity contribution in [1.29, 1.82) is 0 Å². The number of methoxy groups -OCH3 is 1. The third kappa shape index (κ3) is 3.63. The summed E-state index contributed by atoms with van der Waals surface area (Å²) >= 11 is 5.84. The summed E-state index contributed by atoms with van der Waals surface area (Å²) in [6.07, 6.45) is 3.93. The number of benzene rings is 2. The lowest BCUT2D eigenvalue weighted by atomic mass is 10.0. The Bertz CT molecular complexity index is 1240. The standard InChI is InChI=1S/C26H24N4OS/c1-18-7-5-8-20(17-18)29-16-6-10-23(29)25-24(22-9-3-4-15-27-22)28-26(32)30(25)19-11-13-21(31-2)14-12-19/h3-17,24-25H,1-2H3,(H,28,32). The van der Waals surface area contributed by atoms with Gasteiger partial charge in [-0.1, -0.05) is 18.2 Å². The van der Waals surface area contributed by atoms with Gasteiger partial charge in [0, 0.05) is 29.5 Å². The number of rotatable bonds is 5. The van der Waals surface area contributed by atoms with Crippen LogP contribution < -0.4 is 15.0 Å². The van der Waals surface area contributed by atoms with Crippen LogP contribution in [0.2, 0.25) is 0 Å². The van der Waals surface area contributed by atoms with E-state index in [-0.39, 0.29) is 12.1 Å². The van der Waals surface area contributed by atoms with E-state index in [4.69, 9.17) is 17.0 Å². The summed E-state index contributed by atoms with van der Waals surface area (Å²) in [5.74, 6) is 0.813. The van der Waals surface area contributed by atoms with Gasteiger partial charge in [0.25, 0.3) is 0 Å². The summed E-state index contributed by atoms with van der Waals surface area (Å²) in [7, 11) is 1.67. The summed E-state index contributed by atoms with van der Waals surface area (Å²) in [6, 6.07) is 26.6. The van der Waals surface area contributed by atoms with Gasteiger partial charge in [-0.05, 0) is 85.4 Å². The molecule has 2 aromatic heterocycles. The van der Waals surface area contributed by atoms with Gasteiger partial charge >= 0.3 is 0 Å². The molecule has 0 spiro atoms. The number of aromatic nitrogens is 2. The second kappa shape index (κ2) is 8.48. The maximum absolute atomic E-state index is 5.84. The largest absolute Gasteiger partial charge is 0.497 e. The second-order valence-corrected chi connectivity index (χ2v) is 8.22. The van der Waals surface area contributed by atoms with Crippen LogP contribution in [0.25, 0.3) is 5.69 Å². The van der Waals surface area contributed by atoms with Crippen molar-refractivity contribution in [2.75, 3.05) is 12.0 Å². The Morgan fingerprint density at radius 1 is 0.938 bits per heavy atom. The van der Waals surface area contributed by atoms with Crippen LogP contribution in [0.3, 0.4) is 0 Å². The zero-order valence-electron chi connectivity index (χ0n) is 18.0. The van der Waals surface area contributed by atoms with E-state index in [1.807, 2.05) is 48.7 Å². The molecule has 1 N–H and O–H groups in total. The lowest BCUT2D eigenvalue weighted by Crippen LogP contribution is -2.30. The normalized spacial score (nSPS) is 17.9. The molecular weight excluding hydrogens is 416 g/mol. The van der Waals surface area contributed by atoms with Gasteiger partial charge in [-0.15, -0.1) is 0 Å². The summed E-state index contributed by atoms with van der Waals surface area (Å²) in [6.45, 7) is 2.11. The number of nitrogens with zero attached hydrogens (tertiary/aromatic N) is 3. The van der Waals surface area contributed by atoms with Gasteiger partial charge in [-0.2, -0.15) is 0 Å². The minimum Gasteiger partial charge on any atom is -0.497 e. The first-order valence-electron chi connectivity index (χ1n) is 10.5. The fraction of sp³-hybridized carbons (Fsp3) is 0.154. The molecule has 32 heavy (non-hydrogen) atoms. The first kappa shape index (κ1) is 20.3. The number of pyridine rings is 1. The zero-order chi connectivity index (χ0) is 22.1. The number of anilines is 1. The van der Waals surface area contributed by atoms with E-state index < -0.39 is 0 Å². The molecule has 2 atom stereocenters. The van der Waals surface area contributed by atoms with Gasteiger partial charge in [-0.25, -0.2) is 0 Å². The molecule has 160 valence electrons. The molecule has 0 radical (unpaired) electrons. The molecule has 1 aliphatic heterocycles. The Labute approximate surface area is 193 Å². The maximum atomic E-state index is 5.84. The Morgan fingerprint density at radius 3 is 2.50 bits per heavy atom. The van der Waals surface area contributed by atoms with Crippen LogP contribution in [0.1, 0.15) is 29.0 Å². The Balaban J connectivity index is 1.65. The van der Waals surface area contributed by atoms with Gasteiger partial charge < -0.3 is 19.5 Å². The van der Waals surface area contributed by atoms with E-state index in [2.05, 4.69) is 69.3 Å². The van der Waals surface area contributed by atoms with Gasteiger partial charge in [0.1, 0.15) is 11.8 Å². The van der Waals surface area contributed by atoms with E-state index in [1.54, 1.807) is 7.11 Å². The first-order chi connectivity index (χ1) is 15.7. The summed E-state index contributed by atoms with van der Waals surface area (Å²) in [4.78, 5) is 6.83. The highest BCUT2D eigenvalue weighted by Gasteiger charge is 2.42. The molecule has 1 fully saturated rings. The minimum atomic E-state index is -0.0933. The number of thiocarbonyl (C=S) groups is 1. The van der Waals surface area contributed by atoms with E-state index in [1.165, 1.54) is 5.56 Å². The molecule has 0 saturated carbocycles. The van der Waals surface area contributed by atoms with Gasteiger partial charge in [0.2, 0.25) is 0 Å². The molecule has 2 aromatic carbocycles. The van der Waals surface area contributed by atoms with Crippen molar-refractivity contribution < 1.29 is 4.74 Å². The highest BCUT2D eigenvalue weighted by Crippen LogP contribution is 2.42. The number of ether oxygens (including phenoxy) is 1. The van der Waals surface area contributed by atoms with Gasteiger partial charge in [0.15, 0.2) is 5.11 Å². The molecule has 4 aromatic rings. The minimum absolute atomic E-state index is 0.0821. The Morgan fingerprint density at radius 2 is 1.78 bits per heavy atom. The third-order valence-electron chi connectivity index (χ3n) is 5.81. The van der Waals surface area contributed by atoms with Crippen LogP contribution in [-0.4, -0.2) is 21.8 Å². The monoisotopic (exact) mass is 440 g/mol. The fourth-order valence-electron chi connectivity index (χ4n) is 4.32. The van der Waals surface area contributed by atoms with E-state index >= 15 is 0 Å². The van der Waals surface area contributed by atoms with Crippen molar-refractivity contribution in [2.24, 2.45) is 0 Å². The molecular formula is C26H24N4OS. The van der Waals surface area contributed by atoms with Gasteiger partial charge in [0.05, 0.1) is 18.8 Å². The molecule has 0 amide bonds. The maximum Gasteiger partial charge on any atom is 0.174 e. The smallest absolute Gasteiger partial charge is 0.174 e. The summed E-state index contributed by atoms with van der Waals surface area (Å²) in [5.41, 5.74) is 5.43. The molecule has 3 heterocycles. The lowest BCUT2D eigenvalue weighted by Gasteiger charge is -2.29. The predicted molar refractivity (Wildman–Crippen MR) is 131 cm³/mol. The van der Waals surface area contributed by atoms with E-state index in [9.17, 15) is 0 Å². The van der Waals surface area contributed by atoms with Crippen molar-refractivity contribution in [3.63, 3.8) is 0 Å². The molecule has 1 saturated heterocycles. The van der Waals surface area contributed by atoms with E-state index in [0.717, 1.165) is 28.5 Å². The molecule has 2 unspecified atom stereocenters.